The van der Waals surface area contributed by atoms with Crippen LogP contribution in [0, 0.1) is 0 Å². The van der Waals surface area contributed by atoms with E-state index in [2.05, 4.69) is 4.72 Å². The lowest BCUT2D eigenvalue weighted by molar-refractivity contribution is -0.255. The summed E-state index contributed by atoms with van der Waals surface area (Å²) in [5.74, 6) is -1.56. The van der Waals surface area contributed by atoms with Crippen LogP contribution in [-0.4, -0.2) is 27.5 Å². The van der Waals surface area contributed by atoms with Gasteiger partial charge in [0.1, 0.15) is 0 Å². The highest BCUT2D eigenvalue weighted by Crippen LogP contribution is 2.37. The molecular formula is C19H22F3N3O4S. The van der Waals surface area contributed by atoms with Crippen molar-refractivity contribution in [1.82, 2.24) is 6.15 Å². The average Bonchev–Trinajstić information content (AvgIpc) is 2.67. The maximum absolute atomic E-state index is 13.2. The van der Waals surface area contributed by atoms with Gasteiger partial charge in [0, 0.05) is 13.1 Å². The van der Waals surface area contributed by atoms with Gasteiger partial charge in [0.15, 0.2) is 0 Å². The van der Waals surface area contributed by atoms with E-state index in [0.29, 0.717) is 18.8 Å². The number of quaternary nitrogens is 1. The van der Waals surface area contributed by atoms with E-state index in [1.165, 1.54) is 12.1 Å². The van der Waals surface area contributed by atoms with E-state index < -0.39 is 27.7 Å². The molecule has 1 heterocycles. The number of carboxylic acids is 1. The Bertz CT molecular complexity index is 1020. The van der Waals surface area contributed by atoms with Crippen LogP contribution in [0.2, 0.25) is 0 Å². The first-order valence-electron chi connectivity index (χ1n) is 8.88. The first-order valence-corrected chi connectivity index (χ1v) is 10.4. The average molecular weight is 445 g/mol. The van der Waals surface area contributed by atoms with Crippen LogP contribution in [0.3, 0.4) is 0 Å². The van der Waals surface area contributed by atoms with E-state index in [4.69, 9.17) is 0 Å². The van der Waals surface area contributed by atoms with Crippen molar-refractivity contribution in [3.05, 3.63) is 53.6 Å². The lowest BCUT2D eigenvalue weighted by Gasteiger charge is -2.31. The van der Waals surface area contributed by atoms with Crippen LogP contribution < -0.4 is 20.9 Å². The van der Waals surface area contributed by atoms with Gasteiger partial charge in [-0.3, -0.25) is 4.72 Å². The molecule has 3 rings (SSSR count). The van der Waals surface area contributed by atoms with Gasteiger partial charge in [-0.2, -0.15) is 13.2 Å². The third-order valence-corrected chi connectivity index (χ3v) is 6.01. The fraction of sp³-hybridized carbons (Fsp3) is 0.316. The van der Waals surface area contributed by atoms with Gasteiger partial charge >= 0.3 is 6.18 Å². The smallest absolute Gasteiger partial charge is 0.416 e. The SMILES string of the molecule is O=C([O-])c1cccc(S(=O)(=O)Nc2cc(C(F)(F)F)ccc2N2CCCCC2)c1.[NH4+]. The van der Waals surface area contributed by atoms with E-state index in [0.717, 1.165) is 49.6 Å². The summed E-state index contributed by atoms with van der Waals surface area (Å²) in [6.07, 6.45) is -1.95. The van der Waals surface area contributed by atoms with Gasteiger partial charge in [0.2, 0.25) is 0 Å². The quantitative estimate of drug-likeness (QED) is 0.731. The van der Waals surface area contributed by atoms with Crippen molar-refractivity contribution in [3.63, 3.8) is 0 Å². The summed E-state index contributed by atoms with van der Waals surface area (Å²) in [6, 6.07) is 7.36. The van der Waals surface area contributed by atoms with Gasteiger partial charge < -0.3 is 21.0 Å². The lowest BCUT2D eigenvalue weighted by Crippen LogP contribution is -2.30. The van der Waals surface area contributed by atoms with Crippen LogP contribution in [0.25, 0.3) is 0 Å². The second-order valence-electron chi connectivity index (χ2n) is 6.70. The molecule has 1 aliphatic rings. The van der Waals surface area contributed by atoms with Crippen LogP contribution in [-0.2, 0) is 16.2 Å². The number of nitrogens with zero attached hydrogens (tertiary/aromatic N) is 1. The highest BCUT2D eigenvalue weighted by Gasteiger charge is 2.32. The maximum Gasteiger partial charge on any atom is 0.416 e. The Balaban J connectivity index is 0.00000320. The Hall–Kier alpha value is -2.79. The predicted octanol–water partition coefficient (Wildman–Crippen LogP) is 3.24. The van der Waals surface area contributed by atoms with Crippen molar-refractivity contribution in [1.29, 1.82) is 0 Å². The van der Waals surface area contributed by atoms with Gasteiger partial charge in [0.05, 0.1) is 27.8 Å². The van der Waals surface area contributed by atoms with Crippen molar-refractivity contribution in [2.24, 2.45) is 0 Å². The number of benzene rings is 2. The van der Waals surface area contributed by atoms with Crippen LogP contribution in [0.15, 0.2) is 47.4 Å². The number of anilines is 2. The molecule has 164 valence electrons. The Morgan fingerprint density at radius 1 is 1.03 bits per heavy atom. The molecule has 0 radical (unpaired) electrons. The zero-order chi connectivity index (χ0) is 21.2. The number of rotatable bonds is 5. The highest BCUT2D eigenvalue weighted by atomic mass is 32.2. The summed E-state index contributed by atoms with van der Waals surface area (Å²) < 4.78 is 67.2. The molecule has 1 saturated heterocycles. The lowest BCUT2D eigenvalue weighted by atomic mass is 10.1. The second kappa shape index (κ2) is 8.92. The minimum Gasteiger partial charge on any atom is -0.545 e. The Morgan fingerprint density at radius 3 is 2.30 bits per heavy atom. The highest BCUT2D eigenvalue weighted by molar-refractivity contribution is 7.92. The molecule has 2 aromatic carbocycles. The number of nitrogens with one attached hydrogen (secondary N) is 1. The summed E-state index contributed by atoms with van der Waals surface area (Å²) in [6.45, 7) is 1.19. The first kappa shape index (κ1) is 23.5. The van der Waals surface area contributed by atoms with Crippen LogP contribution >= 0.6 is 0 Å². The summed E-state index contributed by atoms with van der Waals surface area (Å²) in [5.41, 5.74) is -1.20. The molecular weight excluding hydrogens is 423 g/mol. The van der Waals surface area contributed by atoms with Gasteiger partial charge in [-0.05, 0) is 55.2 Å². The molecule has 1 aliphatic heterocycles. The van der Waals surface area contributed by atoms with E-state index in [9.17, 15) is 31.5 Å². The Morgan fingerprint density at radius 2 is 1.70 bits per heavy atom. The number of carboxylic acid groups (broad SMARTS) is 1. The normalized spacial score (nSPS) is 14.7. The van der Waals surface area contributed by atoms with Gasteiger partial charge in [-0.25, -0.2) is 8.42 Å². The fourth-order valence-electron chi connectivity index (χ4n) is 3.20. The molecule has 30 heavy (non-hydrogen) atoms. The van der Waals surface area contributed by atoms with Crippen LogP contribution in [0.5, 0.6) is 0 Å². The van der Waals surface area contributed by atoms with Crippen molar-refractivity contribution >= 4 is 27.4 Å². The number of sulfonamides is 1. The summed E-state index contributed by atoms with van der Waals surface area (Å²) in [7, 11) is -4.33. The van der Waals surface area contributed by atoms with E-state index in [-0.39, 0.29) is 22.3 Å². The molecule has 0 aromatic heterocycles. The molecule has 0 spiro atoms. The van der Waals surface area contributed by atoms with Crippen LogP contribution in [0.1, 0.15) is 35.2 Å². The van der Waals surface area contributed by atoms with Gasteiger partial charge in [-0.1, -0.05) is 12.1 Å². The number of piperidine rings is 1. The van der Waals surface area contributed by atoms with E-state index in [1.807, 2.05) is 4.90 Å². The molecule has 0 unspecified atom stereocenters. The van der Waals surface area contributed by atoms with E-state index in [1.54, 1.807) is 0 Å². The van der Waals surface area contributed by atoms with Crippen molar-refractivity contribution in [3.8, 4) is 0 Å². The topological polar surface area (TPSA) is 126 Å². The van der Waals surface area contributed by atoms with Crippen molar-refractivity contribution in [2.45, 2.75) is 30.3 Å². The zero-order valence-corrected chi connectivity index (χ0v) is 17.0. The number of hydrogen-bond acceptors (Lipinski definition) is 5. The van der Waals surface area contributed by atoms with Crippen molar-refractivity contribution < 1.29 is 31.5 Å². The molecule has 7 nitrogen and oxygen atoms in total. The summed E-state index contributed by atoms with van der Waals surface area (Å²) in [4.78, 5) is 12.4. The van der Waals surface area contributed by atoms with Crippen LogP contribution in [0.4, 0.5) is 24.5 Å². The number of carbonyl (C=O) groups excluding carboxylic acids is 1. The standard InChI is InChI=1S/C19H19F3N2O4S.H3N/c20-19(21,22)14-7-8-17(24-9-2-1-3-10-24)16(12-14)23-29(27,28)15-6-4-5-13(11-15)18(25)26;/h4-8,11-12,23H,1-3,9-10H2,(H,25,26);1H3. The number of carbonyl (C=O) groups is 1. The largest absolute Gasteiger partial charge is 0.545 e. The molecule has 1 fully saturated rings. The first-order chi connectivity index (χ1) is 13.6. The number of hydrogen-bond donors (Lipinski definition) is 2. The number of halogens is 3. The molecule has 0 saturated carbocycles. The molecule has 0 aliphatic carbocycles. The summed E-state index contributed by atoms with van der Waals surface area (Å²) in [5, 5.41) is 11.0. The second-order valence-corrected chi connectivity index (χ2v) is 8.38. The van der Waals surface area contributed by atoms with Gasteiger partial charge in [0.25, 0.3) is 10.0 Å². The number of aromatic carboxylic acids is 1. The fourth-order valence-corrected chi connectivity index (χ4v) is 4.31. The Labute approximate surface area is 172 Å². The van der Waals surface area contributed by atoms with E-state index >= 15 is 0 Å². The minimum atomic E-state index is -4.64. The molecule has 0 amide bonds. The Kier molecular flexibility index (Phi) is 6.99. The molecule has 11 heteroatoms. The minimum absolute atomic E-state index is 0. The monoisotopic (exact) mass is 445 g/mol. The summed E-state index contributed by atoms with van der Waals surface area (Å²) >= 11 is 0. The van der Waals surface area contributed by atoms with Crippen molar-refractivity contribution in [2.75, 3.05) is 22.7 Å². The molecule has 0 atom stereocenters. The zero-order valence-electron chi connectivity index (χ0n) is 16.2. The number of alkyl halides is 3. The molecule has 0 bridgehead atoms. The molecule has 2 aromatic rings. The third kappa shape index (κ3) is 5.22. The maximum atomic E-state index is 13.2. The predicted molar refractivity (Wildman–Crippen MR) is 105 cm³/mol. The molecule has 5 N–H and O–H groups in total. The van der Waals surface area contributed by atoms with Gasteiger partial charge in [-0.15, -0.1) is 0 Å². The third-order valence-electron chi connectivity index (χ3n) is 4.64.